The number of ether oxygens (including phenoxy) is 1. The van der Waals surface area contributed by atoms with Gasteiger partial charge in [0.05, 0.1) is 23.5 Å². The molecule has 1 fully saturated rings. The van der Waals surface area contributed by atoms with E-state index in [0.29, 0.717) is 16.6 Å². The minimum absolute atomic E-state index is 0.00756. The van der Waals surface area contributed by atoms with Crippen molar-refractivity contribution in [2.24, 2.45) is 4.99 Å². The van der Waals surface area contributed by atoms with Crippen LogP contribution in [-0.4, -0.2) is 41.8 Å². The number of aryl methyl sites for hydroxylation is 1. The van der Waals surface area contributed by atoms with E-state index in [-0.39, 0.29) is 17.6 Å². The molecule has 2 heterocycles. The maximum atomic E-state index is 13.6. The summed E-state index contributed by atoms with van der Waals surface area (Å²) in [5.74, 6) is 1.24. The lowest BCUT2D eigenvalue weighted by molar-refractivity contribution is -0.122. The first-order valence-electron chi connectivity index (χ1n) is 11.5. The van der Waals surface area contributed by atoms with E-state index in [0.717, 1.165) is 51.0 Å². The zero-order valence-electron chi connectivity index (χ0n) is 20.5. The number of hydrogen-bond acceptors (Lipinski definition) is 7. The highest BCUT2D eigenvalue weighted by Gasteiger charge is 2.39. The Bertz CT molecular complexity index is 1190. The van der Waals surface area contributed by atoms with Crippen LogP contribution >= 0.6 is 23.5 Å². The van der Waals surface area contributed by atoms with Crippen LogP contribution in [0.15, 0.2) is 50.2 Å². The Morgan fingerprint density at radius 1 is 1.18 bits per heavy atom. The van der Waals surface area contributed by atoms with Crippen molar-refractivity contribution in [1.82, 2.24) is 4.90 Å². The molecular formula is C26H31N3O3S2. The smallest absolute Gasteiger partial charge is 0.269 e. The summed E-state index contributed by atoms with van der Waals surface area (Å²) >= 11 is 3.03. The van der Waals surface area contributed by atoms with E-state index in [9.17, 15) is 9.90 Å². The Labute approximate surface area is 210 Å². The second-order valence-corrected chi connectivity index (χ2v) is 10.8. The van der Waals surface area contributed by atoms with Crippen molar-refractivity contribution in [3.63, 3.8) is 0 Å². The summed E-state index contributed by atoms with van der Waals surface area (Å²) < 4.78 is 5.39. The average molecular weight is 498 g/mol. The number of benzene rings is 2. The van der Waals surface area contributed by atoms with Gasteiger partial charge < -0.3 is 14.7 Å². The summed E-state index contributed by atoms with van der Waals surface area (Å²) in [4.78, 5) is 24.2. The van der Waals surface area contributed by atoms with Crippen LogP contribution in [0.5, 0.6) is 11.5 Å². The van der Waals surface area contributed by atoms with E-state index in [4.69, 9.17) is 9.73 Å². The van der Waals surface area contributed by atoms with Gasteiger partial charge in [0.15, 0.2) is 5.17 Å². The molecule has 8 heteroatoms. The lowest BCUT2D eigenvalue weighted by Gasteiger charge is -2.17. The fraction of sp³-hybridized carbons (Fsp3) is 0.385. The van der Waals surface area contributed by atoms with E-state index < -0.39 is 0 Å². The van der Waals surface area contributed by atoms with Crippen LogP contribution in [0.3, 0.4) is 0 Å². The van der Waals surface area contributed by atoms with E-state index in [1.165, 1.54) is 11.8 Å². The number of nitrogens with zero attached hydrogens (tertiary/aromatic N) is 3. The number of anilines is 1. The Hall–Kier alpha value is -2.58. The predicted molar refractivity (Wildman–Crippen MR) is 143 cm³/mol. The van der Waals surface area contributed by atoms with Crippen molar-refractivity contribution < 1.29 is 14.6 Å². The third-order valence-corrected chi connectivity index (χ3v) is 8.45. The van der Waals surface area contributed by atoms with Gasteiger partial charge in [-0.25, -0.2) is 4.99 Å². The van der Waals surface area contributed by atoms with Gasteiger partial charge in [-0.05, 0) is 66.4 Å². The first kappa shape index (κ1) is 24.5. The SMILES string of the molecule is CCCCN1C(=O)C(=C2Sc3ccc(OC)cc3N2C)SC1=Nc1cc(C(C)C)c(O)cc1C. The number of aliphatic imine (C=N–C) groups is 1. The monoisotopic (exact) mass is 497 g/mol. The number of unbranched alkanes of at least 4 members (excludes halogenated alkanes) is 1. The molecule has 180 valence electrons. The number of amidine groups is 1. The Balaban J connectivity index is 1.75. The first-order chi connectivity index (χ1) is 16.2. The molecule has 1 amide bonds. The van der Waals surface area contributed by atoms with Gasteiger partial charge in [-0.1, -0.05) is 39.0 Å². The van der Waals surface area contributed by atoms with Crippen LogP contribution in [0.1, 0.15) is 50.7 Å². The van der Waals surface area contributed by atoms with Gasteiger partial charge in [0.1, 0.15) is 16.4 Å². The average Bonchev–Trinajstić information content (AvgIpc) is 3.29. The topological polar surface area (TPSA) is 65.4 Å². The van der Waals surface area contributed by atoms with Gasteiger partial charge in [-0.15, -0.1) is 0 Å². The third-order valence-electron chi connectivity index (χ3n) is 6.02. The minimum atomic E-state index is -0.00756. The zero-order chi connectivity index (χ0) is 24.6. The number of carbonyl (C=O) groups is 1. The molecular weight excluding hydrogens is 466 g/mol. The number of rotatable bonds is 6. The standard InChI is InChI=1S/C26H31N3O3S2/c1-7-8-11-29-24(31)23(25-28(5)20-13-17(32-6)9-10-22(20)33-25)34-26(29)27-19-14-18(15(2)3)21(30)12-16(19)4/h9-10,12-15,30H,7-8,11H2,1-6H3. The van der Waals surface area contributed by atoms with Crippen LogP contribution in [-0.2, 0) is 4.79 Å². The molecule has 0 unspecified atom stereocenters. The quantitative estimate of drug-likeness (QED) is 0.453. The Morgan fingerprint density at radius 3 is 2.62 bits per heavy atom. The maximum absolute atomic E-state index is 13.6. The van der Waals surface area contributed by atoms with Gasteiger partial charge >= 0.3 is 0 Å². The fourth-order valence-electron chi connectivity index (χ4n) is 3.97. The normalized spacial score (nSPS) is 19.0. The zero-order valence-corrected chi connectivity index (χ0v) is 22.1. The lowest BCUT2D eigenvalue weighted by Crippen LogP contribution is -2.30. The van der Waals surface area contributed by atoms with Crippen molar-refractivity contribution in [3.8, 4) is 11.5 Å². The van der Waals surface area contributed by atoms with E-state index in [1.807, 2.05) is 52.1 Å². The van der Waals surface area contributed by atoms with Crippen LogP contribution in [0.2, 0.25) is 0 Å². The molecule has 0 atom stereocenters. The van der Waals surface area contributed by atoms with Crippen LogP contribution in [0.4, 0.5) is 11.4 Å². The summed E-state index contributed by atoms with van der Waals surface area (Å²) in [6.45, 7) is 8.77. The second-order valence-electron chi connectivity index (χ2n) is 8.79. The number of fused-ring (bicyclic) bond motifs is 1. The maximum Gasteiger partial charge on any atom is 0.269 e. The molecule has 2 aromatic carbocycles. The molecule has 0 aliphatic carbocycles. The number of amides is 1. The highest BCUT2D eigenvalue weighted by Crippen LogP contribution is 2.51. The molecule has 1 saturated heterocycles. The van der Waals surface area contributed by atoms with Gasteiger partial charge in [-0.3, -0.25) is 9.69 Å². The summed E-state index contributed by atoms with van der Waals surface area (Å²) in [6.07, 6.45) is 1.89. The molecule has 6 nitrogen and oxygen atoms in total. The second kappa shape index (κ2) is 9.96. The Morgan fingerprint density at radius 2 is 1.94 bits per heavy atom. The molecule has 0 saturated carbocycles. The van der Waals surface area contributed by atoms with E-state index >= 15 is 0 Å². The van der Waals surface area contributed by atoms with Crippen LogP contribution in [0, 0.1) is 6.92 Å². The number of carbonyl (C=O) groups excluding carboxylic acids is 1. The highest BCUT2D eigenvalue weighted by molar-refractivity contribution is 8.19. The minimum Gasteiger partial charge on any atom is -0.508 e. The first-order valence-corrected chi connectivity index (χ1v) is 13.1. The number of thioether (sulfide) groups is 2. The molecule has 1 N–H and O–H groups in total. The van der Waals surface area contributed by atoms with E-state index in [2.05, 4.69) is 11.8 Å². The van der Waals surface area contributed by atoms with Crippen molar-refractivity contribution in [3.05, 3.63) is 51.4 Å². The lowest BCUT2D eigenvalue weighted by atomic mass is 9.99. The largest absolute Gasteiger partial charge is 0.508 e. The number of aromatic hydroxyl groups is 1. The molecule has 4 rings (SSSR count). The summed E-state index contributed by atoms with van der Waals surface area (Å²) in [5, 5.41) is 12.0. The highest BCUT2D eigenvalue weighted by atomic mass is 32.2. The van der Waals surface area contributed by atoms with Crippen LogP contribution in [0.25, 0.3) is 0 Å². The molecule has 2 aromatic rings. The summed E-state index contributed by atoms with van der Waals surface area (Å²) in [7, 11) is 3.64. The van der Waals surface area contributed by atoms with Crippen LogP contribution < -0.4 is 9.64 Å². The van der Waals surface area contributed by atoms with Crippen molar-refractivity contribution in [1.29, 1.82) is 0 Å². The fourth-order valence-corrected chi connectivity index (χ4v) is 6.31. The predicted octanol–water partition coefficient (Wildman–Crippen LogP) is 6.61. The van der Waals surface area contributed by atoms with Gasteiger partial charge in [0, 0.05) is 24.6 Å². The molecule has 2 aliphatic heterocycles. The molecule has 2 aliphatic rings. The number of hydrogen-bond donors (Lipinski definition) is 1. The molecule has 0 spiro atoms. The van der Waals surface area contributed by atoms with E-state index in [1.54, 1.807) is 29.8 Å². The summed E-state index contributed by atoms with van der Waals surface area (Å²) in [6, 6.07) is 9.67. The van der Waals surface area contributed by atoms with Gasteiger partial charge in [0.2, 0.25) is 0 Å². The van der Waals surface area contributed by atoms with Gasteiger partial charge in [0.25, 0.3) is 5.91 Å². The number of phenolic OH excluding ortho intramolecular Hbond substituents is 1. The number of phenols is 1. The molecule has 0 bridgehead atoms. The van der Waals surface area contributed by atoms with Crippen molar-refractivity contribution >= 4 is 46.0 Å². The Kier molecular flexibility index (Phi) is 7.19. The third kappa shape index (κ3) is 4.53. The molecule has 0 radical (unpaired) electrons. The number of methoxy groups -OCH3 is 1. The van der Waals surface area contributed by atoms with Gasteiger partial charge in [-0.2, -0.15) is 0 Å². The molecule has 0 aromatic heterocycles. The van der Waals surface area contributed by atoms with Crippen molar-refractivity contribution in [2.75, 3.05) is 25.6 Å². The summed E-state index contributed by atoms with van der Waals surface area (Å²) in [5.41, 5.74) is 3.55. The van der Waals surface area contributed by atoms with Crippen molar-refractivity contribution in [2.45, 2.75) is 51.3 Å². The molecule has 34 heavy (non-hydrogen) atoms.